The summed E-state index contributed by atoms with van der Waals surface area (Å²) in [5.74, 6) is -1.01. The molecule has 1 rings (SSSR count). The number of phenolic OH excluding ortho intramolecular Hbond substituents is 1. The summed E-state index contributed by atoms with van der Waals surface area (Å²) in [5, 5.41) is 9.41. The Balaban J connectivity index is 3.01. The zero-order chi connectivity index (χ0) is 11.4. The average Bonchev–Trinajstić information content (AvgIpc) is 2.13. The first-order chi connectivity index (χ1) is 7.02. The molecule has 0 spiro atoms. The van der Waals surface area contributed by atoms with E-state index in [-0.39, 0.29) is 29.5 Å². The van der Waals surface area contributed by atoms with Gasteiger partial charge in [-0.2, -0.15) is 0 Å². The molecule has 0 fully saturated rings. The van der Waals surface area contributed by atoms with E-state index in [2.05, 4.69) is 0 Å². The van der Waals surface area contributed by atoms with Crippen molar-refractivity contribution in [3.8, 4) is 11.5 Å². The van der Waals surface area contributed by atoms with Crippen LogP contribution < -0.4 is 10.5 Å². The van der Waals surface area contributed by atoms with Crippen LogP contribution in [0.15, 0.2) is 18.2 Å². The van der Waals surface area contributed by atoms with Gasteiger partial charge in [0.05, 0.1) is 0 Å². The highest BCUT2D eigenvalue weighted by molar-refractivity contribution is 5.99. The molecule has 1 amide bonds. The highest BCUT2D eigenvalue weighted by Gasteiger charge is 2.13. The van der Waals surface area contributed by atoms with Crippen molar-refractivity contribution in [1.82, 2.24) is 0 Å². The van der Waals surface area contributed by atoms with Gasteiger partial charge in [0.2, 0.25) is 0 Å². The monoisotopic (exact) mass is 209 g/mol. The fourth-order valence-corrected chi connectivity index (χ4v) is 1.14. The summed E-state index contributed by atoms with van der Waals surface area (Å²) in [4.78, 5) is 21.7. The quantitative estimate of drug-likeness (QED) is 0.705. The molecule has 15 heavy (non-hydrogen) atoms. The lowest BCUT2D eigenvalue weighted by Crippen LogP contribution is -2.20. The van der Waals surface area contributed by atoms with E-state index in [0.29, 0.717) is 0 Å². The highest BCUT2D eigenvalue weighted by Crippen LogP contribution is 2.27. The molecule has 0 atom stereocenters. The van der Waals surface area contributed by atoms with Crippen LogP contribution in [0.1, 0.15) is 17.3 Å². The van der Waals surface area contributed by atoms with Gasteiger partial charge in [0.25, 0.3) is 5.91 Å². The summed E-state index contributed by atoms with van der Waals surface area (Å²) in [6.07, 6.45) is 0. The number of primary amides is 1. The molecule has 3 N–H and O–H groups in total. The number of ether oxygens (including phenoxy) is 1. The van der Waals surface area contributed by atoms with E-state index in [4.69, 9.17) is 10.5 Å². The Kier molecular flexibility index (Phi) is 3.28. The van der Waals surface area contributed by atoms with E-state index in [1.165, 1.54) is 25.1 Å². The maximum absolute atomic E-state index is 11.2. The Morgan fingerprint density at radius 3 is 2.67 bits per heavy atom. The zero-order valence-electron chi connectivity index (χ0n) is 8.19. The molecule has 80 valence electrons. The summed E-state index contributed by atoms with van der Waals surface area (Å²) >= 11 is 0. The first-order valence-electron chi connectivity index (χ1n) is 4.26. The Morgan fingerprint density at radius 2 is 2.13 bits per heavy atom. The maximum atomic E-state index is 11.2. The number of aromatic hydroxyl groups is 1. The molecule has 5 heteroatoms. The maximum Gasteiger partial charge on any atom is 0.255 e. The molecular formula is C10H11NO4. The number of hydrogen-bond acceptors (Lipinski definition) is 4. The van der Waals surface area contributed by atoms with Crippen molar-refractivity contribution >= 4 is 11.7 Å². The van der Waals surface area contributed by atoms with Crippen molar-refractivity contribution in [1.29, 1.82) is 0 Å². The SMILES string of the molecule is CC(=O)c1c(O)cccc1OCC(N)=O. The van der Waals surface area contributed by atoms with Crippen LogP contribution >= 0.6 is 0 Å². The number of nitrogens with two attached hydrogens (primary N) is 1. The van der Waals surface area contributed by atoms with Crippen LogP contribution in [0.25, 0.3) is 0 Å². The molecule has 5 nitrogen and oxygen atoms in total. The standard InChI is InChI=1S/C10H11NO4/c1-6(12)10-7(13)3-2-4-8(10)15-5-9(11)14/h2-4,13H,5H2,1H3,(H2,11,14). The number of rotatable bonds is 4. The lowest BCUT2D eigenvalue weighted by atomic mass is 10.1. The predicted molar refractivity (Wildman–Crippen MR) is 52.8 cm³/mol. The summed E-state index contributed by atoms with van der Waals surface area (Å²) < 4.78 is 4.99. The van der Waals surface area contributed by atoms with Crippen LogP contribution in [0.4, 0.5) is 0 Å². The topological polar surface area (TPSA) is 89.6 Å². The molecule has 1 aromatic carbocycles. The summed E-state index contributed by atoms with van der Waals surface area (Å²) in [5.41, 5.74) is 4.95. The minimum atomic E-state index is -0.646. The van der Waals surface area contributed by atoms with Gasteiger partial charge in [0, 0.05) is 0 Å². The van der Waals surface area contributed by atoms with E-state index >= 15 is 0 Å². The van der Waals surface area contributed by atoms with E-state index in [1.54, 1.807) is 0 Å². The van der Waals surface area contributed by atoms with Gasteiger partial charge in [-0.05, 0) is 19.1 Å². The van der Waals surface area contributed by atoms with Crippen LogP contribution in [0, 0.1) is 0 Å². The van der Waals surface area contributed by atoms with Gasteiger partial charge in [0.1, 0.15) is 17.1 Å². The number of carbonyl (C=O) groups excluding carboxylic acids is 2. The first-order valence-corrected chi connectivity index (χ1v) is 4.26. The van der Waals surface area contributed by atoms with Crippen molar-refractivity contribution in [2.75, 3.05) is 6.61 Å². The van der Waals surface area contributed by atoms with Crippen molar-refractivity contribution < 1.29 is 19.4 Å². The lowest BCUT2D eigenvalue weighted by molar-refractivity contribution is -0.119. The fourth-order valence-electron chi connectivity index (χ4n) is 1.14. The Bertz CT molecular complexity index is 400. The molecule has 0 unspecified atom stereocenters. The molecule has 0 saturated carbocycles. The molecular weight excluding hydrogens is 198 g/mol. The minimum absolute atomic E-state index is 0.0544. The number of carbonyl (C=O) groups is 2. The van der Waals surface area contributed by atoms with E-state index < -0.39 is 5.91 Å². The molecule has 0 aliphatic heterocycles. The second-order valence-electron chi connectivity index (χ2n) is 2.96. The van der Waals surface area contributed by atoms with Gasteiger partial charge >= 0.3 is 0 Å². The third-order valence-electron chi connectivity index (χ3n) is 1.73. The van der Waals surface area contributed by atoms with Gasteiger partial charge in [-0.15, -0.1) is 0 Å². The Labute approximate surface area is 86.5 Å². The van der Waals surface area contributed by atoms with Crippen molar-refractivity contribution in [2.24, 2.45) is 5.73 Å². The van der Waals surface area contributed by atoms with Crippen molar-refractivity contribution in [3.05, 3.63) is 23.8 Å². The fraction of sp³-hybridized carbons (Fsp3) is 0.200. The van der Waals surface area contributed by atoms with E-state index in [0.717, 1.165) is 0 Å². The Hall–Kier alpha value is -2.04. The smallest absolute Gasteiger partial charge is 0.255 e. The van der Waals surface area contributed by atoms with Crippen LogP contribution in [-0.4, -0.2) is 23.4 Å². The lowest BCUT2D eigenvalue weighted by Gasteiger charge is -2.09. The van der Waals surface area contributed by atoms with Gasteiger partial charge in [-0.1, -0.05) is 6.07 Å². The largest absolute Gasteiger partial charge is 0.507 e. The number of Topliss-reactive ketones (excluding diaryl/α,β-unsaturated/α-hetero) is 1. The van der Waals surface area contributed by atoms with Gasteiger partial charge in [-0.25, -0.2) is 0 Å². The van der Waals surface area contributed by atoms with Gasteiger partial charge < -0.3 is 15.6 Å². The second-order valence-corrected chi connectivity index (χ2v) is 2.96. The normalized spacial score (nSPS) is 9.67. The molecule has 0 saturated heterocycles. The van der Waals surface area contributed by atoms with Crippen LogP contribution in [0.2, 0.25) is 0 Å². The summed E-state index contributed by atoms with van der Waals surface area (Å²) in [6, 6.07) is 4.37. The number of benzene rings is 1. The van der Waals surface area contributed by atoms with E-state index in [1.807, 2.05) is 0 Å². The third kappa shape index (κ3) is 2.70. The minimum Gasteiger partial charge on any atom is -0.507 e. The van der Waals surface area contributed by atoms with Crippen molar-refractivity contribution in [2.45, 2.75) is 6.92 Å². The molecule has 0 heterocycles. The molecule has 0 aliphatic rings. The molecule has 0 aliphatic carbocycles. The number of ketones is 1. The van der Waals surface area contributed by atoms with Gasteiger partial charge in [0.15, 0.2) is 12.4 Å². The van der Waals surface area contributed by atoms with E-state index in [9.17, 15) is 14.7 Å². The molecule has 0 aromatic heterocycles. The molecule has 0 bridgehead atoms. The summed E-state index contributed by atoms with van der Waals surface area (Å²) in [6.45, 7) is 0.968. The summed E-state index contributed by atoms with van der Waals surface area (Å²) in [7, 11) is 0. The van der Waals surface area contributed by atoms with Crippen LogP contribution in [-0.2, 0) is 4.79 Å². The Morgan fingerprint density at radius 1 is 1.47 bits per heavy atom. The predicted octanol–water partition coefficient (Wildman–Crippen LogP) is 0.459. The zero-order valence-corrected chi connectivity index (χ0v) is 8.19. The van der Waals surface area contributed by atoms with Crippen LogP contribution in [0.3, 0.4) is 0 Å². The molecule has 1 aromatic rings. The second kappa shape index (κ2) is 4.45. The average molecular weight is 209 g/mol. The van der Waals surface area contributed by atoms with Crippen LogP contribution in [0.5, 0.6) is 11.5 Å². The number of amides is 1. The van der Waals surface area contributed by atoms with Crippen molar-refractivity contribution in [3.63, 3.8) is 0 Å². The third-order valence-corrected chi connectivity index (χ3v) is 1.73. The number of phenols is 1. The molecule has 0 radical (unpaired) electrons. The number of hydrogen-bond donors (Lipinski definition) is 2. The van der Waals surface area contributed by atoms with Gasteiger partial charge in [-0.3, -0.25) is 9.59 Å². The highest BCUT2D eigenvalue weighted by atomic mass is 16.5. The first kappa shape index (κ1) is 11.0.